The molecule has 0 aliphatic rings. The van der Waals surface area contributed by atoms with E-state index in [1.165, 1.54) is 167 Å². The first kappa shape index (κ1) is 60.1. The molecule has 0 bridgehead atoms. The molecular formula is C56H105NO5. The second-order valence-electron chi connectivity index (χ2n) is 18.6. The first-order chi connectivity index (χ1) is 30.5. The third-order valence-corrected chi connectivity index (χ3v) is 12.5. The normalized spacial score (nSPS) is 13.4. The zero-order valence-electron chi connectivity index (χ0n) is 41.5. The molecule has 0 saturated carbocycles. The summed E-state index contributed by atoms with van der Waals surface area (Å²) in [6.07, 6.45) is 59.2. The molecule has 0 radical (unpaired) electrons. The predicted molar refractivity (Wildman–Crippen MR) is 269 cm³/mol. The van der Waals surface area contributed by atoms with Gasteiger partial charge in [0.1, 0.15) is 6.10 Å². The van der Waals surface area contributed by atoms with Crippen LogP contribution in [-0.2, 0) is 14.3 Å². The van der Waals surface area contributed by atoms with E-state index in [2.05, 4.69) is 62.5 Å². The van der Waals surface area contributed by atoms with Crippen molar-refractivity contribution in [2.45, 2.75) is 302 Å². The van der Waals surface area contributed by atoms with Gasteiger partial charge < -0.3 is 20.3 Å². The van der Waals surface area contributed by atoms with E-state index in [9.17, 15) is 19.8 Å². The van der Waals surface area contributed by atoms with Gasteiger partial charge in [0.15, 0.2) is 0 Å². The highest BCUT2D eigenvalue weighted by Crippen LogP contribution is 2.18. The van der Waals surface area contributed by atoms with Gasteiger partial charge in [-0.1, -0.05) is 243 Å². The van der Waals surface area contributed by atoms with Gasteiger partial charge in [-0.25, -0.2) is 0 Å². The number of aliphatic hydroxyl groups is 2. The molecule has 0 aliphatic heterocycles. The quantitative estimate of drug-likeness (QED) is 0.0321. The fraction of sp³-hybridized carbons (Fsp3) is 0.857. The van der Waals surface area contributed by atoms with E-state index in [4.69, 9.17) is 4.74 Å². The second-order valence-corrected chi connectivity index (χ2v) is 18.6. The number of nitrogens with one attached hydrogen (secondary N) is 1. The summed E-state index contributed by atoms with van der Waals surface area (Å²) in [4.78, 5) is 26.2. The Balaban J connectivity index is 4.61. The zero-order valence-corrected chi connectivity index (χ0v) is 41.5. The van der Waals surface area contributed by atoms with Crippen molar-refractivity contribution >= 4 is 11.9 Å². The van der Waals surface area contributed by atoms with E-state index in [0.29, 0.717) is 19.3 Å². The standard InChI is InChI=1S/C56H105NO5/c1-4-7-10-13-16-19-22-25-28-29-32-35-38-41-44-47-52(62-56(61)49-46-43-40-37-34-31-27-24-21-18-15-12-9-6-3)50-55(60)57-53(51-58)54(59)48-45-42-39-36-33-30-26-23-20-17-14-11-8-5-2/h16,19,25,28,32,35,52-54,58-59H,4-15,17-18,20-24,26-27,29-31,33-34,36-51H2,1-3H3,(H,57,60)/b19-16-,28-25-,35-32-. The number of hydrogen-bond donors (Lipinski definition) is 3. The Morgan fingerprint density at radius 2 is 0.823 bits per heavy atom. The molecule has 62 heavy (non-hydrogen) atoms. The van der Waals surface area contributed by atoms with Crippen molar-refractivity contribution in [2.24, 2.45) is 0 Å². The number of amides is 1. The fourth-order valence-electron chi connectivity index (χ4n) is 8.32. The molecule has 0 aromatic rings. The maximum atomic E-state index is 13.2. The van der Waals surface area contributed by atoms with Gasteiger partial charge in [-0.15, -0.1) is 0 Å². The van der Waals surface area contributed by atoms with Gasteiger partial charge in [-0.3, -0.25) is 9.59 Å². The molecule has 3 unspecified atom stereocenters. The van der Waals surface area contributed by atoms with Crippen LogP contribution in [0.25, 0.3) is 0 Å². The number of hydrogen-bond acceptors (Lipinski definition) is 5. The fourth-order valence-corrected chi connectivity index (χ4v) is 8.32. The van der Waals surface area contributed by atoms with Gasteiger partial charge in [0.05, 0.1) is 25.2 Å². The molecule has 1 amide bonds. The van der Waals surface area contributed by atoms with Gasteiger partial charge in [-0.2, -0.15) is 0 Å². The summed E-state index contributed by atoms with van der Waals surface area (Å²) in [6, 6.07) is -0.711. The van der Waals surface area contributed by atoms with Crippen LogP contribution in [-0.4, -0.2) is 46.9 Å². The number of carbonyl (C=O) groups excluding carboxylic acids is 2. The largest absolute Gasteiger partial charge is 0.462 e. The van der Waals surface area contributed by atoms with Gasteiger partial charge in [-0.05, 0) is 64.2 Å². The van der Waals surface area contributed by atoms with E-state index in [1.54, 1.807) is 0 Å². The van der Waals surface area contributed by atoms with Gasteiger partial charge >= 0.3 is 5.97 Å². The first-order valence-corrected chi connectivity index (χ1v) is 27.2. The molecule has 0 aromatic carbocycles. The molecule has 3 N–H and O–H groups in total. The predicted octanol–water partition coefficient (Wildman–Crippen LogP) is 16.5. The molecule has 364 valence electrons. The molecule has 0 aliphatic carbocycles. The molecule has 3 atom stereocenters. The highest BCUT2D eigenvalue weighted by Gasteiger charge is 2.24. The van der Waals surface area contributed by atoms with Gasteiger partial charge in [0, 0.05) is 6.42 Å². The van der Waals surface area contributed by atoms with Crippen molar-refractivity contribution in [3.05, 3.63) is 36.5 Å². The molecule has 0 aromatic heterocycles. The third kappa shape index (κ3) is 44.7. The minimum Gasteiger partial charge on any atom is -0.462 e. The van der Waals surface area contributed by atoms with Crippen molar-refractivity contribution in [1.82, 2.24) is 5.32 Å². The average molecular weight is 872 g/mol. The minimum atomic E-state index is -0.795. The maximum Gasteiger partial charge on any atom is 0.306 e. The van der Waals surface area contributed by atoms with Crippen LogP contribution >= 0.6 is 0 Å². The monoisotopic (exact) mass is 872 g/mol. The van der Waals surface area contributed by atoms with Crippen LogP contribution in [0.15, 0.2) is 36.5 Å². The van der Waals surface area contributed by atoms with Crippen LogP contribution < -0.4 is 5.32 Å². The topological polar surface area (TPSA) is 95.9 Å². The summed E-state index contributed by atoms with van der Waals surface area (Å²) in [5.74, 6) is -0.499. The summed E-state index contributed by atoms with van der Waals surface area (Å²) in [7, 11) is 0. The number of ether oxygens (including phenoxy) is 1. The zero-order chi connectivity index (χ0) is 45.2. The average Bonchev–Trinajstić information content (AvgIpc) is 3.26. The van der Waals surface area contributed by atoms with Crippen molar-refractivity contribution in [2.75, 3.05) is 6.61 Å². The molecule has 0 saturated heterocycles. The number of aliphatic hydroxyl groups excluding tert-OH is 2. The van der Waals surface area contributed by atoms with E-state index in [0.717, 1.165) is 70.6 Å². The molecule has 0 spiro atoms. The lowest BCUT2D eigenvalue weighted by Gasteiger charge is -2.24. The summed E-state index contributed by atoms with van der Waals surface area (Å²) in [5, 5.41) is 23.8. The number of rotatable bonds is 49. The van der Waals surface area contributed by atoms with Crippen LogP contribution in [0, 0.1) is 0 Å². The lowest BCUT2D eigenvalue weighted by atomic mass is 10.0. The van der Waals surface area contributed by atoms with Gasteiger partial charge in [0.2, 0.25) is 5.91 Å². The second kappa shape index (κ2) is 50.1. The van der Waals surface area contributed by atoms with E-state index in [1.807, 2.05) is 0 Å². The van der Waals surface area contributed by atoms with Crippen LogP contribution in [0.1, 0.15) is 284 Å². The number of unbranched alkanes of at least 4 members (excludes halogenated alkanes) is 31. The summed E-state index contributed by atoms with van der Waals surface area (Å²) < 4.78 is 5.93. The Morgan fingerprint density at radius 3 is 1.26 bits per heavy atom. The number of esters is 1. The third-order valence-electron chi connectivity index (χ3n) is 12.5. The Morgan fingerprint density at radius 1 is 0.468 bits per heavy atom. The lowest BCUT2D eigenvalue weighted by molar-refractivity contribution is -0.151. The van der Waals surface area contributed by atoms with E-state index in [-0.39, 0.29) is 24.9 Å². The molecular weight excluding hydrogens is 767 g/mol. The summed E-state index contributed by atoms with van der Waals surface area (Å²) >= 11 is 0. The number of carbonyl (C=O) groups is 2. The minimum absolute atomic E-state index is 0.0558. The summed E-state index contributed by atoms with van der Waals surface area (Å²) in [5.41, 5.74) is 0. The molecule has 6 nitrogen and oxygen atoms in total. The molecule has 6 heteroatoms. The molecule has 0 heterocycles. The highest BCUT2D eigenvalue weighted by molar-refractivity contribution is 5.77. The van der Waals surface area contributed by atoms with Crippen LogP contribution in [0.3, 0.4) is 0 Å². The Labute approximate surface area is 385 Å². The maximum absolute atomic E-state index is 13.2. The Hall–Kier alpha value is -1.92. The number of allylic oxidation sites excluding steroid dienone is 6. The van der Waals surface area contributed by atoms with Crippen molar-refractivity contribution < 1.29 is 24.5 Å². The highest BCUT2D eigenvalue weighted by atomic mass is 16.5. The van der Waals surface area contributed by atoms with E-state index >= 15 is 0 Å². The lowest BCUT2D eigenvalue weighted by Crippen LogP contribution is -2.46. The van der Waals surface area contributed by atoms with E-state index < -0.39 is 18.2 Å². The first-order valence-electron chi connectivity index (χ1n) is 27.2. The van der Waals surface area contributed by atoms with Crippen LogP contribution in [0.5, 0.6) is 0 Å². The Bertz CT molecular complexity index is 1020. The molecule has 0 rings (SSSR count). The van der Waals surface area contributed by atoms with Crippen LogP contribution in [0.4, 0.5) is 0 Å². The smallest absolute Gasteiger partial charge is 0.306 e. The van der Waals surface area contributed by atoms with Gasteiger partial charge in [0.25, 0.3) is 0 Å². The Kier molecular flexibility index (Phi) is 48.5. The molecule has 0 fully saturated rings. The summed E-state index contributed by atoms with van der Waals surface area (Å²) in [6.45, 7) is 6.47. The van der Waals surface area contributed by atoms with Crippen molar-refractivity contribution in [3.8, 4) is 0 Å². The van der Waals surface area contributed by atoms with Crippen LogP contribution in [0.2, 0.25) is 0 Å². The van der Waals surface area contributed by atoms with Crippen molar-refractivity contribution in [3.63, 3.8) is 0 Å². The SMILES string of the molecule is CCCCC/C=C\C/C=C\C/C=C\CCCCC(CC(=O)NC(CO)C(O)CCCCCCCCCCCCCCCC)OC(=O)CCCCCCCCCCCCCCCC. The van der Waals surface area contributed by atoms with Crippen molar-refractivity contribution in [1.29, 1.82) is 0 Å².